The minimum atomic E-state index is -0.886. The number of carbonyl (C=O) groups excluding carboxylic acids is 2. The first-order valence-corrected chi connectivity index (χ1v) is 14.6. The van der Waals surface area contributed by atoms with Crippen LogP contribution in [0.5, 0.6) is 5.75 Å². The van der Waals surface area contributed by atoms with Gasteiger partial charge < -0.3 is 18.9 Å². The second kappa shape index (κ2) is 14.9. The fraction of sp³-hybridized carbons (Fsp3) is 0.226. The van der Waals surface area contributed by atoms with Crippen LogP contribution in [0.25, 0.3) is 22.5 Å². The Labute approximate surface area is 267 Å². The molecule has 0 atom stereocenters. The molecule has 0 fully saturated rings. The summed E-state index contributed by atoms with van der Waals surface area (Å²) in [5, 5.41) is 22.0. The second-order valence-corrected chi connectivity index (χ2v) is 10.4. The largest absolute Gasteiger partial charge is 0.461 e. The monoisotopic (exact) mass is 645 g/mol. The lowest BCUT2D eigenvalue weighted by molar-refractivity contribution is -0.763. The molecule has 0 unspecified atom stereocenters. The third-order valence-electron chi connectivity index (χ3n) is 6.96. The number of benzene rings is 3. The van der Waals surface area contributed by atoms with Gasteiger partial charge in [0.25, 0.3) is 11.6 Å². The lowest BCUT2D eigenvalue weighted by Gasteiger charge is -2.13. The number of unbranched alkanes of at least 4 members (excludes halogenated alkanes) is 1. The van der Waals surface area contributed by atoms with Crippen molar-refractivity contribution in [1.82, 2.24) is 29.8 Å². The van der Waals surface area contributed by atoms with Crippen LogP contribution in [0.1, 0.15) is 42.4 Å². The van der Waals surface area contributed by atoms with E-state index < -0.39 is 11.2 Å². The summed E-state index contributed by atoms with van der Waals surface area (Å²) in [6.45, 7) is 2.79. The van der Waals surface area contributed by atoms with Gasteiger partial charge in [-0.2, -0.15) is 0 Å². The van der Waals surface area contributed by atoms with E-state index in [2.05, 4.69) is 32.2 Å². The molecule has 0 aliphatic heterocycles. The van der Waals surface area contributed by atoms with E-state index in [1.165, 1.54) is 24.3 Å². The van der Waals surface area contributed by atoms with Crippen LogP contribution in [0.4, 0.5) is 4.79 Å². The van der Waals surface area contributed by atoms with Gasteiger partial charge in [-0.25, -0.2) is 9.78 Å². The van der Waals surface area contributed by atoms with Crippen molar-refractivity contribution in [2.75, 3.05) is 0 Å². The number of aromatic nitrogens is 6. The Bertz CT molecular complexity index is 1820. The van der Waals surface area contributed by atoms with Crippen LogP contribution in [0.2, 0.25) is 5.15 Å². The fourth-order valence-corrected chi connectivity index (χ4v) is 4.95. The molecule has 236 valence electrons. The number of hydrogen-bond donors (Lipinski definition) is 0. The molecule has 0 aliphatic rings. The standard InChI is InChI=1S/C31H28ClN7O7/c1-2-3-8-28-33-29(32)27(19-44-20-40)37(28)17-21-9-13-23(14-10-21)25-6-4-5-7-26(25)30-34-36-38(35-30)31(41)46-24-15-11-22(12-16-24)18-45-39(42)43/h4-7,9-16,20H,2-3,8,17-19H2,1H3. The summed E-state index contributed by atoms with van der Waals surface area (Å²) in [7, 11) is 0. The summed E-state index contributed by atoms with van der Waals surface area (Å²) >= 11 is 6.40. The molecule has 46 heavy (non-hydrogen) atoms. The van der Waals surface area contributed by atoms with Gasteiger partial charge in [0.15, 0.2) is 5.15 Å². The summed E-state index contributed by atoms with van der Waals surface area (Å²) in [5.74, 6) is 1.24. The average Bonchev–Trinajstić information content (AvgIpc) is 3.67. The number of carbonyl (C=O) groups is 2. The van der Waals surface area contributed by atoms with Gasteiger partial charge in [-0.05, 0) is 46.0 Å². The maximum absolute atomic E-state index is 12.7. The molecule has 0 saturated heterocycles. The van der Waals surface area contributed by atoms with Crippen molar-refractivity contribution in [1.29, 1.82) is 0 Å². The van der Waals surface area contributed by atoms with Gasteiger partial charge in [0.05, 0.1) is 5.69 Å². The van der Waals surface area contributed by atoms with E-state index in [4.69, 9.17) is 21.1 Å². The van der Waals surface area contributed by atoms with Crippen molar-refractivity contribution < 1.29 is 29.0 Å². The molecule has 0 N–H and O–H groups in total. The normalized spacial score (nSPS) is 10.8. The number of nitrogens with zero attached hydrogens (tertiary/aromatic N) is 7. The molecule has 2 heterocycles. The lowest BCUT2D eigenvalue weighted by atomic mass is 9.98. The maximum atomic E-state index is 12.7. The molecule has 0 spiro atoms. The number of halogens is 1. The summed E-state index contributed by atoms with van der Waals surface area (Å²) in [5.41, 5.74) is 4.52. The molecule has 3 aromatic carbocycles. The summed E-state index contributed by atoms with van der Waals surface area (Å²) in [6.07, 6.45) is 1.81. The van der Waals surface area contributed by atoms with Crippen molar-refractivity contribution in [2.45, 2.75) is 45.9 Å². The number of aryl methyl sites for hydroxylation is 1. The highest BCUT2D eigenvalue weighted by Gasteiger charge is 2.19. The molecule has 5 rings (SSSR count). The summed E-state index contributed by atoms with van der Waals surface area (Å²) in [6, 6.07) is 21.4. The molecule has 2 aromatic heterocycles. The number of tetrazole rings is 1. The highest BCUT2D eigenvalue weighted by atomic mass is 35.5. The molecule has 0 bridgehead atoms. The van der Waals surface area contributed by atoms with Crippen molar-refractivity contribution >= 4 is 24.2 Å². The van der Waals surface area contributed by atoms with Gasteiger partial charge in [0, 0.05) is 18.5 Å². The maximum Gasteiger partial charge on any atom is 0.459 e. The Morgan fingerprint density at radius 2 is 1.72 bits per heavy atom. The zero-order valence-corrected chi connectivity index (χ0v) is 25.4. The van der Waals surface area contributed by atoms with Crippen LogP contribution >= 0.6 is 11.6 Å². The van der Waals surface area contributed by atoms with Crippen molar-refractivity contribution in [3.05, 3.63) is 111 Å². The first-order valence-electron chi connectivity index (χ1n) is 14.2. The van der Waals surface area contributed by atoms with Crippen molar-refractivity contribution in [3.8, 4) is 28.3 Å². The highest BCUT2D eigenvalue weighted by molar-refractivity contribution is 6.30. The molecule has 0 aliphatic carbocycles. The van der Waals surface area contributed by atoms with Crippen LogP contribution in [-0.4, -0.2) is 47.4 Å². The Morgan fingerprint density at radius 3 is 2.41 bits per heavy atom. The SMILES string of the molecule is CCCCc1nc(Cl)c(COC=O)n1Cc1ccc(-c2ccccc2-c2nnn(C(=O)Oc3ccc(CO[N+](=O)[O-])cc3)n2)cc1. The Hall–Kier alpha value is -5.63. The number of hydrogen-bond acceptors (Lipinski definition) is 11. The van der Waals surface area contributed by atoms with E-state index in [0.29, 0.717) is 35.0 Å². The molecule has 5 aromatic rings. The topological polar surface area (TPSA) is 166 Å². The molecule has 0 amide bonds. The summed E-state index contributed by atoms with van der Waals surface area (Å²) in [4.78, 5) is 43.5. The van der Waals surface area contributed by atoms with Crippen molar-refractivity contribution in [2.24, 2.45) is 0 Å². The van der Waals surface area contributed by atoms with E-state index >= 15 is 0 Å². The molecule has 0 radical (unpaired) electrons. The van der Waals surface area contributed by atoms with Gasteiger partial charge in [-0.3, -0.25) is 4.79 Å². The minimum Gasteiger partial charge on any atom is -0.461 e. The minimum absolute atomic E-state index is 0.0296. The quantitative estimate of drug-likeness (QED) is 0.0828. The smallest absolute Gasteiger partial charge is 0.459 e. The predicted octanol–water partition coefficient (Wildman–Crippen LogP) is 5.68. The lowest BCUT2D eigenvalue weighted by Crippen LogP contribution is -2.19. The van der Waals surface area contributed by atoms with Gasteiger partial charge in [-0.1, -0.05) is 90.4 Å². The van der Waals surface area contributed by atoms with Crippen LogP contribution in [0.3, 0.4) is 0 Å². The predicted molar refractivity (Wildman–Crippen MR) is 164 cm³/mol. The molecular formula is C31H28ClN7O7. The van der Waals surface area contributed by atoms with Crippen LogP contribution in [0.15, 0.2) is 72.8 Å². The van der Waals surface area contributed by atoms with Gasteiger partial charge in [0.2, 0.25) is 5.82 Å². The highest BCUT2D eigenvalue weighted by Crippen LogP contribution is 2.30. The van der Waals surface area contributed by atoms with Crippen molar-refractivity contribution in [3.63, 3.8) is 0 Å². The van der Waals surface area contributed by atoms with E-state index in [1.807, 2.05) is 53.1 Å². The zero-order valence-electron chi connectivity index (χ0n) is 24.6. The van der Waals surface area contributed by atoms with Crippen LogP contribution in [-0.2, 0) is 40.5 Å². The molecule has 14 nitrogen and oxygen atoms in total. The first-order chi connectivity index (χ1) is 22.4. The number of imidazole rings is 1. The van der Waals surface area contributed by atoms with Gasteiger partial charge in [-0.15, -0.1) is 20.3 Å². The molecule has 0 saturated carbocycles. The molecular weight excluding hydrogens is 618 g/mol. The zero-order chi connectivity index (χ0) is 32.5. The van der Waals surface area contributed by atoms with Crippen LogP contribution in [0, 0.1) is 10.1 Å². The van der Waals surface area contributed by atoms with E-state index in [9.17, 15) is 19.7 Å². The second-order valence-electron chi connectivity index (χ2n) is 10.0. The number of ether oxygens (including phenoxy) is 2. The van der Waals surface area contributed by atoms with Gasteiger partial charge in [0.1, 0.15) is 24.8 Å². The first kappa shape index (κ1) is 31.8. The fourth-order valence-electron chi connectivity index (χ4n) is 4.69. The third-order valence-corrected chi connectivity index (χ3v) is 7.26. The average molecular weight is 646 g/mol. The van der Waals surface area contributed by atoms with E-state index in [0.717, 1.165) is 46.6 Å². The van der Waals surface area contributed by atoms with E-state index in [-0.39, 0.29) is 24.8 Å². The Kier molecular flexibility index (Phi) is 10.3. The molecule has 15 heteroatoms. The van der Waals surface area contributed by atoms with Gasteiger partial charge >= 0.3 is 6.09 Å². The Morgan fingerprint density at radius 1 is 1.00 bits per heavy atom. The summed E-state index contributed by atoms with van der Waals surface area (Å²) < 4.78 is 12.3. The van der Waals surface area contributed by atoms with Crippen LogP contribution < -0.4 is 4.74 Å². The van der Waals surface area contributed by atoms with E-state index in [1.54, 1.807) is 0 Å². The third kappa shape index (κ3) is 7.71. The Balaban J connectivity index is 1.31. The number of rotatable bonds is 14.